The Morgan fingerprint density at radius 3 is 2.58 bits per heavy atom. The summed E-state index contributed by atoms with van der Waals surface area (Å²) in [5.74, 6) is 0.648. The number of hydrogen-bond acceptors (Lipinski definition) is 5. The molecule has 0 aliphatic carbocycles. The lowest BCUT2D eigenvalue weighted by atomic mass is 10.1. The van der Waals surface area contributed by atoms with E-state index in [1.54, 1.807) is 36.4 Å². The van der Waals surface area contributed by atoms with Gasteiger partial charge in [0.1, 0.15) is 12.0 Å². The van der Waals surface area contributed by atoms with Crippen molar-refractivity contribution in [2.75, 3.05) is 5.73 Å². The molecule has 0 aliphatic heterocycles. The highest BCUT2D eigenvalue weighted by molar-refractivity contribution is 5.75. The fraction of sp³-hybridized carbons (Fsp3) is 0.261. The fourth-order valence-electron chi connectivity index (χ4n) is 3.06. The number of halogens is 3. The van der Waals surface area contributed by atoms with Crippen LogP contribution in [0.2, 0.25) is 0 Å². The third-order valence-corrected chi connectivity index (χ3v) is 4.53. The van der Waals surface area contributed by atoms with E-state index in [0.29, 0.717) is 33.8 Å². The van der Waals surface area contributed by atoms with Crippen LogP contribution in [0.5, 0.6) is 5.75 Å². The zero-order valence-corrected chi connectivity index (χ0v) is 17.1. The number of nitrogens with one attached hydrogen (secondary N) is 1. The minimum absolute atomic E-state index is 0.00219. The molecule has 0 aliphatic rings. The maximum atomic E-state index is 12.9. The number of anilines is 1. The van der Waals surface area contributed by atoms with Gasteiger partial charge in [-0.2, -0.15) is 13.2 Å². The fourth-order valence-corrected chi connectivity index (χ4v) is 3.06. The molecule has 1 atom stereocenters. The molecule has 1 heterocycles. The van der Waals surface area contributed by atoms with Crippen LogP contribution >= 0.6 is 0 Å². The summed E-state index contributed by atoms with van der Waals surface area (Å²) in [4.78, 5) is 4.33. The van der Waals surface area contributed by atoms with Crippen LogP contribution in [-0.4, -0.2) is 16.2 Å². The summed E-state index contributed by atoms with van der Waals surface area (Å²) in [6.07, 6.45) is -3.98. The molecule has 0 spiro atoms. The third-order valence-electron chi connectivity index (χ3n) is 4.53. The van der Waals surface area contributed by atoms with Crippen LogP contribution in [0.3, 0.4) is 0 Å². The summed E-state index contributed by atoms with van der Waals surface area (Å²) >= 11 is 0. The Morgan fingerprint density at radius 1 is 1.10 bits per heavy atom. The summed E-state index contributed by atoms with van der Waals surface area (Å²) in [7, 11) is 0. The topological polar surface area (TPSA) is 80.4 Å². The number of nitrogens with zero attached hydrogens (tertiary/aromatic N) is 1. The standard InChI is InChI=1S/C23H24F3N3O2/c1-14(2)31-18-6-7-20(27)19(12-18)21-11-16(8-9-28-21)22(30)29-13-15-4-3-5-17(10-15)23(24,25)26/h3-12,14,22,29-30H,13,27H2,1-2H3. The lowest BCUT2D eigenvalue weighted by Gasteiger charge is -2.16. The van der Waals surface area contributed by atoms with Crippen molar-refractivity contribution in [1.82, 2.24) is 10.3 Å². The lowest BCUT2D eigenvalue weighted by molar-refractivity contribution is -0.137. The van der Waals surface area contributed by atoms with Gasteiger partial charge in [0.05, 0.1) is 17.4 Å². The van der Waals surface area contributed by atoms with Crippen molar-refractivity contribution in [3.8, 4) is 17.0 Å². The van der Waals surface area contributed by atoms with Gasteiger partial charge in [0.25, 0.3) is 0 Å². The van der Waals surface area contributed by atoms with Crippen LogP contribution in [-0.2, 0) is 12.7 Å². The number of benzene rings is 2. The second-order valence-corrected chi connectivity index (χ2v) is 7.37. The van der Waals surface area contributed by atoms with Gasteiger partial charge in [-0.3, -0.25) is 10.3 Å². The van der Waals surface area contributed by atoms with Crippen molar-refractivity contribution in [3.05, 3.63) is 77.5 Å². The number of ether oxygens (including phenoxy) is 1. The minimum Gasteiger partial charge on any atom is -0.491 e. The molecule has 31 heavy (non-hydrogen) atoms. The highest BCUT2D eigenvalue weighted by Crippen LogP contribution is 2.31. The van der Waals surface area contributed by atoms with E-state index < -0.39 is 18.0 Å². The second-order valence-electron chi connectivity index (χ2n) is 7.37. The van der Waals surface area contributed by atoms with E-state index >= 15 is 0 Å². The summed E-state index contributed by atoms with van der Waals surface area (Å²) in [6, 6.07) is 13.5. The molecule has 3 aromatic rings. The van der Waals surface area contributed by atoms with Crippen LogP contribution in [0.1, 0.15) is 36.8 Å². The first-order valence-electron chi connectivity index (χ1n) is 9.73. The predicted octanol–water partition coefficient (Wildman–Crippen LogP) is 4.92. The molecular weight excluding hydrogens is 407 g/mol. The van der Waals surface area contributed by atoms with Crippen molar-refractivity contribution in [1.29, 1.82) is 0 Å². The number of alkyl halides is 3. The molecule has 0 amide bonds. The molecule has 4 N–H and O–H groups in total. The van der Waals surface area contributed by atoms with Gasteiger partial charge in [0.15, 0.2) is 0 Å². The number of aliphatic hydroxyl groups is 1. The van der Waals surface area contributed by atoms with Gasteiger partial charge >= 0.3 is 6.18 Å². The normalized spacial score (nSPS) is 12.7. The quantitative estimate of drug-likeness (QED) is 0.366. The van der Waals surface area contributed by atoms with Gasteiger partial charge in [0.2, 0.25) is 0 Å². The zero-order chi connectivity index (χ0) is 22.6. The van der Waals surface area contributed by atoms with Crippen molar-refractivity contribution < 1.29 is 23.0 Å². The largest absolute Gasteiger partial charge is 0.491 e. The van der Waals surface area contributed by atoms with Gasteiger partial charge in [0, 0.05) is 24.0 Å². The maximum Gasteiger partial charge on any atom is 0.416 e. The molecule has 164 valence electrons. The van der Waals surface area contributed by atoms with E-state index in [9.17, 15) is 18.3 Å². The summed E-state index contributed by atoms with van der Waals surface area (Å²) < 4.78 is 44.3. The number of aromatic nitrogens is 1. The highest BCUT2D eigenvalue weighted by Gasteiger charge is 2.30. The Balaban J connectivity index is 1.76. The summed E-state index contributed by atoms with van der Waals surface area (Å²) in [6.45, 7) is 3.89. The van der Waals surface area contributed by atoms with Crippen molar-refractivity contribution in [2.45, 2.75) is 38.9 Å². The third kappa shape index (κ3) is 5.96. The molecule has 0 radical (unpaired) electrons. The first kappa shape index (κ1) is 22.6. The van der Waals surface area contributed by atoms with Crippen molar-refractivity contribution in [3.63, 3.8) is 0 Å². The number of rotatable bonds is 7. The average molecular weight is 431 g/mol. The monoisotopic (exact) mass is 431 g/mol. The molecule has 0 saturated carbocycles. The van der Waals surface area contributed by atoms with Crippen LogP contribution < -0.4 is 15.8 Å². The number of aliphatic hydroxyl groups excluding tert-OH is 1. The Morgan fingerprint density at radius 2 is 1.87 bits per heavy atom. The van der Waals surface area contributed by atoms with Crippen LogP contribution in [0, 0.1) is 0 Å². The zero-order valence-electron chi connectivity index (χ0n) is 17.1. The molecule has 0 saturated heterocycles. The maximum absolute atomic E-state index is 12.9. The first-order valence-corrected chi connectivity index (χ1v) is 9.73. The molecule has 0 fully saturated rings. The van der Waals surface area contributed by atoms with E-state index in [4.69, 9.17) is 10.5 Å². The van der Waals surface area contributed by atoms with E-state index in [1.807, 2.05) is 13.8 Å². The molecule has 1 aromatic heterocycles. The molecule has 5 nitrogen and oxygen atoms in total. The molecule has 0 bridgehead atoms. The average Bonchev–Trinajstić information content (AvgIpc) is 2.72. The molecule has 2 aromatic carbocycles. The first-order chi connectivity index (χ1) is 14.6. The van der Waals surface area contributed by atoms with E-state index in [-0.39, 0.29) is 12.6 Å². The van der Waals surface area contributed by atoms with Crippen LogP contribution in [0.25, 0.3) is 11.3 Å². The van der Waals surface area contributed by atoms with Crippen molar-refractivity contribution >= 4 is 5.69 Å². The van der Waals surface area contributed by atoms with E-state index in [1.165, 1.54) is 12.3 Å². The van der Waals surface area contributed by atoms with Crippen molar-refractivity contribution in [2.24, 2.45) is 0 Å². The van der Waals surface area contributed by atoms with Crippen LogP contribution in [0.4, 0.5) is 18.9 Å². The Bertz CT molecular complexity index is 1040. The van der Waals surface area contributed by atoms with E-state index in [2.05, 4.69) is 10.3 Å². The minimum atomic E-state index is -4.41. The number of hydrogen-bond donors (Lipinski definition) is 3. The van der Waals surface area contributed by atoms with Gasteiger partial charge < -0.3 is 15.6 Å². The Labute approximate surface area is 178 Å². The number of nitrogen functional groups attached to an aromatic ring is 1. The molecular formula is C23H24F3N3O2. The molecule has 3 rings (SSSR count). The summed E-state index contributed by atoms with van der Waals surface area (Å²) in [5, 5.41) is 13.3. The number of pyridine rings is 1. The highest BCUT2D eigenvalue weighted by atomic mass is 19.4. The summed E-state index contributed by atoms with van der Waals surface area (Å²) in [5.41, 5.74) is 7.99. The predicted molar refractivity (Wildman–Crippen MR) is 113 cm³/mol. The van der Waals surface area contributed by atoms with Gasteiger partial charge in [-0.1, -0.05) is 18.2 Å². The number of nitrogens with two attached hydrogens (primary N) is 1. The second kappa shape index (κ2) is 9.36. The Hall–Kier alpha value is -3.10. The van der Waals surface area contributed by atoms with E-state index in [0.717, 1.165) is 12.1 Å². The van der Waals surface area contributed by atoms with Gasteiger partial charge in [-0.25, -0.2) is 0 Å². The Kier molecular flexibility index (Phi) is 6.82. The SMILES string of the molecule is CC(C)Oc1ccc(N)c(-c2cc(C(O)NCc3cccc(C(F)(F)F)c3)ccn2)c1. The lowest BCUT2D eigenvalue weighted by Crippen LogP contribution is -2.20. The van der Waals surface area contributed by atoms with Gasteiger partial charge in [-0.15, -0.1) is 0 Å². The smallest absolute Gasteiger partial charge is 0.416 e. The van der Waals surface area contributed by atoms with Crippen LogP contribution in [0.15, 0.2) is 60.8 Å². The van der Waals surface area contributed by atoms with Gasteiger partial charge in [-0.05, 0) is 61.4 Å². The molecule has 8 heteroatoms. The molecule has 1 unspecified atom stereocenters.